The van der Waals surface area contributed by atoms with Crippen molar-refractivity contribution in [3.05, 3.63) is 41.4 Å². The first kappa shape index (κ1) is 15.1. The van der Waals surface area contributed by atoms with Gasteiger partial charge in [-0.2, -0.15) is 0 Å². The molecule has 0 radical (unpaired) electrons. The number of nitrogens with zero attached hydrogens (tertiary/aromatic N) is 3. The normalized spacial score (nSPS) is 15.9. The van der Waals surface area contributed by atoms with E-state index in [1.54, 1.807) is 11.3 Å². The Kier molecular flexibility index (Phi) is 5.23. The smallest absolute Gasteiger partial charge is 0.180 e. The predicted octanol–water partition coefficient (Wildman–Crippen LogP) is 2.47. The number of rotatable bonds is 3. The fourth-order valence-electron chi connectivity index (χ4n) is 2.42. The van der Waals surface area contributed by atoms with Crippen molar-refractivity contribution in [1.82, 2.24) is 9.88 Å². The van der Waals surface area contributed by atoms with Crippen molar-refractivity contribution in [2.45, 2.75) is 6.54 Å². The topological polar surface area (TPSA) is 45.4 Å². The Bertz CT molecular complexity index is 523. The van der Waals surface area contributed by atoms with Gasteiger partial charge in [0.1, 0.15) is 0 Å². The van der Waals surface area contributed by atoms with Crippen LogP contribution in [0.5, 0.6) is 0 Å². The van der Waals surface area contributed by atoms with Gasteiger partial charge in [0.05, 0.1) is 0 Å². The Labute approximate surface area is 129 Å². The number of hydrogen-bond donors (Lipinski definition) is 1. The maximum absolute atomic E-state index is 5.66. The van der Waals surface area contributed by atoms with E-state index in [-0.39, 0.29) is 12.4 Å². The molecule has 4 nitrogen and oxygen atoms in total. The first-order chi connectivity index (χ1) is 9.31. The summed E-state index contributed by atoms with van der Waals surface area (Å²) in [6.07, 6.45) is 1.89. The summed E-state index contributed by atoms with van der Waals surface area (Å²) in [5, 5.41) is 0.665. The molecule has 0 saturated carbocycles. The Morgan fingerprint density at radius 1 is 1.10 bits per heavy atom. The second-order valence-electron chi connectivity index (χ2n) is 4.76. The summed E-state index contributed by atoms with van der Waals surface area (Å²) in [5.74, 6) is 0. The van der Waals surface area contributed by atoms with Crippen LogP contribution in [0.15, 0.2) is 36.5 Å². The number of piperazine rings is 1. The quantitative estimate of drug-likeness (QED) is 0.946. The van der Waals surface area contributed by atoms with Gasteiger partial charge in [-0.25, -0.2) is 4.98 Å². The van der Waals surface area contributed by atoms with E-state index in [2.05, 4.69) is 45.1 Å². The van der Waals surface area contributed by atoms with Gasteiger partial charge in [0.25, 0.3) is 0 Å². The maximum atomic E-state index is 5.66. The number of halogens is 1. The molecule has 3 rings (SSSR count). The highest BCUT2D eigenvalue weighted by molar-refractivity contribution is 7.15. The summed E-state index contributed by atoms with van der Waals surface area (Å²) < 4.78 is 0. The first-order valence-corrected chi connectivity index (χ1v) is 7.35. The number of nitrogen functional groups attached to an aromatic ring is 1. The van der Waals surface area contributed by atoms with E-state index < -0.39 is 0 Å². The molecule has 1 fully saturated rings. The van der Waals surface area contributed by atoms with Gasteiger partial charge in [0.2, 0.25) is 0 Å². The summed E-state index contributed by atoms with van der Waals surface area (Å²) in [6.45, 7) is 5.31. The van der Waals surface area contributed by atoms with Crippen LogP contribution in [-0.2, 0) is 6.54 Å². The molecule has 0 unspecified atom stereocenters. The average molecular weight is 311 g/mol. The third-order valence-electron chi connectivity index (χ3n) is 3.44. The lowest BCUT2D eigenvalue weighted by Gasteiger charge is -2.35. The SMILES string of the molecule is Cl.Nc1ncc(CN2CCN(c3ccccc3)CC2)s1. The lowest BCUT2D eigenvalue weighted by Crippen LogP contribution is -2.45. The molecule has 0 amide bonds. The molecule has 0 atom stereocenters. The minimum Gasteiger partial charge on any atom is -0.375 e. The first-order valence-electron chi connectivity index (χ1n) is 6.54. The van der Waals surface area contributed by atoms with Gasteiger partial charge in [0.15, 0.2) is 5.13 Å². The van der Waals surface area contributed by atoms with Crippen LogP contribution in [0.4, 0.5) is 10.8 Å². The van der Waals surface area contributed by atoms with Crippen LogP contribution in [-0.4, -0.2) is 36.1 Å². The highest BCUT2D eigenvalue weighted by atomic mass is 35.5. The van der Waals surface area contributed by atoms with E-state index in [0.717, 1.165) is 32.7 Å². The largest absolute Gasteiger partial charge is 0.375 e. The monoisotopic (exact) mass is 310 g/mol. The Morgan fingerprint density at radius 2 is 1.80 bits per heavy atom. The number of nitrogens with two attached hydrogens (primary N) is 1. The molecule has 2 aromatic rings. The minimum atomic E-state index is 0. The van der Waals surface area contributed by atoms with Crippen molar-refractivity contribution in [2.75, 3.05) is 36.8 Å². The van der Waals surface area contributed by atoms with E-state index >= 15 is 0 Å². The predicted molar refractivity (Wildman–Crippen MR) is 87.7 cm³/mol. The van der Waals surface area contributed by atoms with Crippen molar-refractivity contribution >= 4 is 34.6 Å². The molecule has 0 spiro atoms. The van der Waals surface area contributed by atoms with Crippen molar-refractivity contribution < 1.29 is 0 Å². The fraction of sp³-hybridized carbons (Fsp3) is 0.357. The fourth-order valence-corrected chi connectivity index (χ4v) is 3.15. The average Bonchev–Trinajstić information content (AvgIpc) is 2.86. The summed E-state index contributed by atoms with van der Waals surface area (Å²) in [7, 11) is 0. The number of para-hydroxylation sites is 1. The third kappa shape index (κ3) is 3.62. The van der Waals surface area contributed by atoms with E-state index in [1.165, 1.54) is 10.6 Å². The molecule has 2 N–H and O–H groups in total. The molecule has 1 aliphatic rings. The van der Waals surface area contributed by atoms with Gasteiger partial charge in [-0.3, -0.25) is 4.90 Å². The lowest BCUT2D eigenvalue weighted by atomic mass is 10.2. The van der Waals surface area contributed by atoms with Gasteiger partial charge < -0.3 is 10.6 Å². The van der Waals surface area contributed by atoms with Crippen LogP contribution in [0.3, 0.4) is 0 Å². The van der Waals surface area contributed by atoms with Crippen molar-refractivity contribution in [3.63, 3.8) is 0 Å². The molecule has 20 heavy (non-hydrogen) atoms. The summed E-state index contributed by atoms with van der Waals surface area (Å²) in [5.41, 5.74) is 6.99. The van der Waals surface area contributed by atoms with Crippen LogP contribution in [0.1, 0.15) is 4.88 Å². The number of benzene rings is 1. The van der Waals surface area contributed by atoms with Crippen molar-refractivity contribution in [2.24, 2.45) is 0 Å². The number of hydrogen-bond acceptors (Lipinski definition) is 5. The zero-order valence-electron chi connectivity index (χ0n) is 11.2. The number of thiazole rings is 1. The van der Waals surface area contributed by atoms with Crippen LogP contribution < -0.4 is 10.6 Å². The van der Waals surface area contributed by atoms with Crippen LogP contribution in [0.25, 0.3) is 0 Å². The van der Waals surface area contributed by atoms with E-state index in [1.807, 2.05) is 6.20 Å². The Morgan fingerprint density at radius 3 is 2.40 bits per heavy atom. The van der Waals surface area contributed by atoms with E-state index in [4.69, 9.17) is 5.73 Å². The molecule has 0 aliphatic carbocycles. The molecule has 1 aromatic carbocycles. The van der Waals surface area contributed by atoms with Gasteiger partial charge in [-0.05, 0) is 12.1 Å². The van der Waals surface area contributed by atoms with Crippen molar-refractivity contribution in [1.29, 1.82) is 0 Å². The Balaban J connectivity index is 0.00000147. The zero-order valence-corrected chi connectivity index (χ0v) is 12.9. The maximum Gasteiger partial charge on any atom is 0.180 e. The zero-order chi connectivity index (χ0) is 13.1. The molecule has 1 aliphatic heterocycles. The van der Waals surface area contributed by atoms with E-state index in [9.17, 15) is 0 Å². The van der Waals surface area contributed by atoms with Crippen LogP contribution in [0, 0.1) is 0 Å². The van der Waals surface area contributed by atoms with Crippen LogP contribution in [0.2, 0.25) is 0 Å². The third-order valence-corrected chi connectivity index (χ3v) is 4.26. The molecular weight excluding hydrogens is 292 g/mol. The molecule has 1 saturated heterocycles. The summed E-state index contributed by atoms with van der Waals surface area (Å²) in [6, 6.07) is 10.6. The van der Waals surface area contributed by atoms with Crippen molar-refractivity contribution in [3.8, 4) is 0 Å². The Hall–Kier alpha value is -1.30. The highest BCUT2D eigenvalue weighted by Gasteiger charge is 2.17. The van der Waals surface area contributed by atoms with E-state index in [0.29, 0.717) is 5.13 Å². The van der Waals surface area contributed by atoms with Gasteiger partial charge in [-0.15, -0.1) is 23.7 Å². The molecule has 2 heterocycles. The summed E-state index contributed by atoms with van der Waals surface area (Å²) >= 11 is 1.59. The highest BCUT2D eigenvalue weighted by Crippen LogP contribution is 2.19. The molecule has 6 heteroatoms. The number of anilines is 2. The van der Waals surface area contributed by atoms with Gasteiger partial charge in [0, 0.05) is 49.5 Å². The molecule has 0 bridgehead atoms. The summed E-state index contributed by atoms with van der Waals surface area (Å²) in [4.78, 5) is 10.3. The van der Waals surface area contributed by atoms with Gasteiger partial charge >= 0.3 is 0 Å². The lowest BCUT2D eigenvalue weighted by molar-refractivity contribution is 0.252. The second-order valence-corrected chi connectivity index (χ2v) is 5.91. The standard InChI is InChI=1S/C14H18N4S.ClH/c15-14-16-10-13(19-14)11-17-6-8-18(9-7-17)12-4-2-1-3-5-12;/h1-5,10H,6-9,11H2,(H2,15,16);1H. The second kappa shape index (κ2) is 6.92. The molecule has 1 aromatic heterocycles. The van der Waals surface area contributed by atoms with Crippen LogP contribution >= 0.6 is 23.7 Å². The molecule has 108 valence electrons. The number of aromatic nitrogens is 1. The molecular formula is C14H19ClN4S. The minimum absolute atomic E-state index is 0. The van der Waals surface area contributed by atoms with Gasteiger partial charge in [-0.1, -0.05) is 18.2 Å².